The number of benzene rings is 2. The van der Waals surface area contributed by atoms with Gasteiger partial charge in [-0.1, -0.05) is 24.3 Å². The Labute approximate surface area is 171 Å². The van der Waals surface area contributed by atoms with Crippen molar-refractivity contribution in [2.75, 3.05) is 19.5 Å². The Balaban J connectivity index is 1.70. The third kappa shape index (κ3) is 4.91. The number of rotatable bonds is 7. The lowest BCUT2D eigenvalue weighted by Crippen LogP contribution is -2.18. The van der Waals surface area contributed by atoms with E-state index in [1.54, 1.807) is 30.1 Å². The topological polar surface area (TPSA) is 65.4 Å². The molecule has 0 spiro atoms. The summed E-state index contributed by atoms with van der Waals surface area (Å²) in [4.78, 5) is 12.4. The van der Waals surface area contributed by atoms with E-state index in [0.717, 1.165) is 17.7 Å². The average Bonchev–Trinajstić information content (AvgIpc) is 3.13. The fourth-order valence-electron chi connectivity index (χ4n) is 2.99. The molecule has 1 N–H and O–H groups in total. The van der Waals surface area contributed by atoms with Crippen molar-refractivity contribution < 1.29 is 27.4 Å². The Morgan fingerprint density at radius 1 is 1.07 bits per heavy atom. The number of carbonyl (C=O) groups excluding carboxylic acids is 1. The summed E-state index contributed by atoms with van der Waals surface area (Å²) < 4.78 is 50.3. The van der Waals surface area contributed by atoms with Crippen molar-refractivity contribution in [3.05, 3.63) is 71.4 Å². The van der Waals surface area contributed by atoms with Crippen LogP contribution in [0.3, 0.4) is 0 Å². The van der Waals surface area contributed by atoms with Crippen molar-refractivity contribution in [1.82, 2.24) is 9.78 Å². The molecule has 9 heteroatoms. The van der Waals surface area contributed by atoms with Crippen molar-refractivity contribution in [3.8, 4) is 11.5 Å². The summed E-state index contributed by atoms with van der Waals surface area (Å²) in [5.74, 6) is 1.23. The molecule has 2 aromatic carbocycles. The highest BCUT2D eigenvalue weighted by Gasteiger charge is 2.30. The molecule has 30 heavy (non-hydrogen) atoms. The van der Waals surface area contributed by atoms with Gasteiger partial charge in [0.15, 0.2) is 11.5 Å². The van der Waals surface area contributed by atoms with Crippen molar-refractivity contribution in [1.29, 1.82) is 0 Å². The van der Waals surface area contributed by atoms with Gasteiger partial charge in [-0.2, -0.15) is 18.3 Å². The zero-order chi connectivity index (χ0) is 21.7. The molecule has 0 unspecified atom stereocenters. The van der Waals surface area contributed by atoms with Crippen molar-refractivity contribution in [3.63, 3.8) is 0 Å². The van der Waals surface area contributed by atoms with Gasteiger partial charge in [0.25, 0.3) is 0 Å². The van der Waals surface area contributed by atoms with E-state index in [1.807, 2.05) is 12.1 Å². The van der Waals surface area contributed by atoms with Crippen molar-refractivity contribution >= 4 is 11.7 Å². The van der Waals surface area contributed by atoms with Crippen LogP contribution in [0.2, 0.25) is 0 Å². The summed E-state index contributed by atoms with van der Waals surface area (Å²) in [5.41, 5.74) is 0.525. The van der Waals surface area contributed by atoms with E-state index in [0.29, 0.717) is 29.4 Å². The fraction of sp³-hybridized carbons (Fsp3) is 0.238. The lowest BCUT2D eigenvalue weighted by Gasteiger charge is -2.14. The highest BCUT2D eigenvalue weighted by molar-refractivity contribution is 5.91. The third-order valence-electron chi connectivity index (χ3n) is 4.43. The number of halogens is 3. The molecular weight excluding hydrogens is 399 g/mol. The van der Waals surface area contributed by atoms with Crippen LogP contribution < -0.4 is 14.8 Å². The smallest absolute Gasteiger partial charge is 0.416 e. The van der Waals surface area contributed by atoms with E-state index in [1.165, 1.54) is 19.2 Å². The van der Waals surface area contributed by atoms with Gasteiger partial charge in [-0.05, 0) is 23.8 Å². The second-order valence-electron chi connectivity index (χ2n) is 6.45. The predicted octanol–water partition coefficient (Wildman–Crippen LogP) is 4.15. The maximum absolute atomic E-state index is 12.7. The molecule has 3 rings (SSSR count). The molecule has 0 aliphatic carbocycles. The van der Waals surface area contributed by atoms with Gasteiger partial charge in [0.2, 0.25) is 5.91 Å². The molecule has 1 amide bonds. The van der Waals surface area contributed by atoms with E-state index in [-0.39, 0.29) is 12.3 Å². The summed E-state index contributed by atoms with van der Waals surface area (Å²) in [7, 11) is 3.08. The predicted molar refractivity (Wildman–Crippen MR) is 105 cm³/mol. The first kappa shape index (κ1) is 21.2. The zero-order valence-electron chi connectivity index (χ0n) is 16.4. The van der Waals surface area contributed by atoms with Gasteiger partial charge < -0.3 is 14.8 Å². The molecule has 1 heterocycles. The van der Waals surface area contributed by atoms with Crippen LogP contribution in [0.5, 0.6) is 11.5 Å². The molecular formula is C21H20F3N3O3. The van der Waals surface area contributed by atoms with Gasteiger partial charge in [-0.15, -0.1) is 0 Å². The number of nitrogens with one attached hydrogen (secondary N) is 1. The summed E-state index contributed by atoms with van der Waals surface area (Å²) in [5, 5.41) is 6.96. The molecule has 0 bridgehead atoms. The number of alkyl halides is 3. The minimum Gasteiger partial charge on any atom is -0.493 e. The van der Waals surface area contributed by atoms with Crippen LogP contribution in [0.25, 0.3) is 0 Å². The van der Waals surface area contributed by atoms with E-state index >= 15 is 0 Å². The number of methoxy groups -OCH3 is 2. The van der Waals surface area contributed by atoms with Gasteiger partial charge >= 0.3 is 6.18 Å². The van der Waals surface area contributed by atoms with Crippen molar-refractivity contribution in [2.45, 2.75) is 19.1 Å². The van der Waals surface area contributed by atoms with Gasteiger partial charge in [0.1, 0.15) is 5.82 Å². The number of hydrogen-bond acceptors (Lipinski definition) is 4. The Kier molecular flexibility index (Phi) is 6.29. The minimum atomic E-state index is -4.41. The maximum atomic E-state index is 12.7. The molecule has 1 aromatic heterocycles. The molecule has 3 aromatic rings. The Morgan fingerprint density at radius 3 is 2.43 bits per heavy atom. The van der Waals surface area contributed by atoms with Gasteiger partial charge in [-0.25, -0.2) is 4.68 Å². The van der Waals surface area contributed by atoms with Crippen LogP contribution in [-0.2, 0) is 23.9 Å². The zero-order valence-corrected chi connectivity index (χ0v) is 16.4. The first-order valence-corrected chi connectivity index (χ1v) is 8.99. The van der Waals surface area contributed by atoms with Crippen LogP contribution in [-0.4, -0.2) is 29.9 Å². The normalized spacial score (nSPS) is 11.2. The molecule has 158 valence electrons. The lowest BCUT2D eigenvalue weighted by atomic mass is 10.1. The van der Waals surface area contributed by atoms with Crippen LogP contribution in [0, 0.1) is 0 Å². The highest BCUT2D eigenvalue weighted by atomic mass is 19.4. The maximum Gasteiger partial charge on any atom is 0.416 e. The number of carbonyl (C=O) groups is 1. The number of hydrogen-bond donors (Lipinski definition) is 1. The number of anilines is 1. The van der Waals surface area contributed by atoms with E-state index in [9.17, 15) is 18.0 Å². The van der Waals surface area contributed by atoms with Crippen LogP contribution in [0.1, 0.15) is 16.7 Å². The SMILES string of the molecule is COc1cccc(Cn2nccc2NC(=O)Cc2ccc(C(F)(F)F)cc2)c1OC. The first-order valence-electron chi connectivity index (χ1n) is 8.99. The lowest BCUT2D eigenvalue weighted by molar-refractivity contribution is -0.137. The molecule has 0 saturated carbocycles. The van der Waals surface area contributed by atoms with Crippen molar-refractivity contribution in [2.24, 2.45) is 0 Å². The standard InChI is InChI=1S/C21H20F3N3O3/c1-29-17-5-3-4-15(20(17)30-2)13-27-18(10-11-25-27)26-19(28)12-14-6-8-16(9-7-14)21(22,23)24/h3-11H,12-13H2,1-2H3,(H,26,28). The molecule has 0 saturated heterocycles. The van der Waals surface area contributed by atoms with Crippen LogP contribution >= 0.6 is 0 Å². The number of amides is 1. The first-order chi connectivity index (χ1) is 14.3. The number of aromatic nitrogens is 2. The highest BCUT2D eigenvalue weighted by Crippen LogP contribution is 2.32. The quantitative estimate of drug-likeness (QED) is 0.625. The molecule has 0 radical (unpaired) electrons. The molecule has 0 aliphatic heterocycles. The Morgan fingerprint density at radius 2 is 1.80 bits per heavy atom. The third-order valence-corrected chi connectivity index (χ3v) is 4.43. The summed E-state index contributed by atoms with van der Waals surface area (Å²) >= 11 is 0. The minimum absolute atomic E-state index is 0.0637. The largest absolute Gasteiger partial charge is 0.493 e. The number of ether oxygens (including phenoxy) is 2. The summed E-state index contributed by atoms with van der Waals surface area (Å²) in [6.07, 6.45) is -2.93. The second kappa shape index (κ2) is 8.89. The van der Waals surface area contributed by atoms with Gasteiger partial charge in [0.05, 0.1) is 38.9 Å². The fourth-order valence-corrected chi connectivity index (χ4v) is 2.99. The summed E-state index contributed by atoms with van der Waals surface area (Å²) in [6, 6.07) is 11.6. The number of nitrogens with zero attached hydrogens (tertiary/aromatic N) is 2. The molecule has 0 aliphatic rings. The molecule has 0 fully saturated rings. The van der Waals surface area contributed by atoms with Crippen LogP contribution in [0.4, 0.5) is 19.0 Å². The second-order valence-corrected chi connectivity index (χ2v) is 6.45. The van der Waals surface area contributed by atoms with Gasteiger partial charge in [0, 0.05) is 11.6 Å². The molecule has 0 atom stereocenters. The van der Waals surface area contributed by atoms with E-state index < -0.39 is 11.7 Å². The number of para-hydroxylation sites is 1. The van der Waals surface area contributed by atoms with Crippen LogP contribution in [0.15, 0.2) is 54.7 Å². The Bertz CT molecular complexity index is 1010. The molecule has 6 nitrogen and oxygen atoms in total. The van der Waals surface area contributed by atoms with E-state index in [4.69, 9.17) is 9.47 Å². The monoisotopic (exact) mass is 419 g/mol. The van der Waals surface area contributed by atoms with Gasteiger partial charge in [-0.3, -0.25) is 4.79 Å². The summed E-state index contributed by atoms with van der Waals surface area (Å²) in [6.45, 7) is 0.323. The van der Waals surface area contributed by atoms with E-state index in [2.05, 4.69) is 10.4 Å². The average molecular weight is 419 g/mol. The Hall–Kier alpha value is -3.49.